The fourth-order valence-corrected chi connectivity index (χ4v) is 3.18. The first-order valence-corrected chi connectivity index (χ1v) is 7.73. The van der Waals surface area contributed by atoms with Gasteiger partial charge in [0.25, 0.3) is 0 Å². The normalized spacial score (nSPS) is 15.6. The lowest BCUT2D eigenvalue weighted by Crippen LogP contribution is -2.41. The van der Waals surface area contributed by atoms with Crippen LogP contribution in [0.25, 0.3) is 0 Å². The Bertz CT molecular complexity index is 575. The Balaban J connectivity index is 2.02. The van der Waals surface area contributed by atoms with Gasteiger partial charge in [0.05, 0.1) is 12.6 Å². The molecule has 0 aliphatic heterocycles. The van der Waals surface area contributed by atoms with E-state index >= 15 is 0 Å². The van der Waals surface area contributed by atoms with Crippen molar-refractivity contribution < 1.29 is 5.11 Å². The van der Waals surface area contributed by atoms with Crippen LogP contribution in [-0.2, 0) is 6.42 Å². The summed E-state index contributed by atoms with van der Waals surface area (Å²) in [5.74, 6) is 0.399. The molecule has 1 aliphatic rings. The topological polar surface area (TPSA) is 32.3 Å². The minimum atomic E-state index is 0.106. The second-order valence-electron chi connectivity index (χ2n) is 6.21. The summed E-state index contributed by atoms with van der Waals surface area (Å²) in [4.78, 5) is 0. The zero-order valence-corrected chi connectivity index (χ0v) is 12.7. The van der Waals surface area contributed by atoms with Crippen molar-refractivity contribution in [3.8, 4) is 0 Å². The molecule has 1 aliphatic carbocycles. The maximum absolute atomic E-state index is 9.66. The van der Waals surface area contributed by atoms with Gasteiger partial charge >= 0.3 is 0 Å². The number of hydrogen-bond acceptors (Lipinski definition) is 2. The molecule has 1 atom stereocenters. The van der Waals surface area contributed by atoms with Crippen LogP contribution in [0.15, 0.2) is 48.5 Å². The van der Waals surface area contributed by atoms with Crippen molar-refractivity contribution in [3.63, 3.8) is 0 Å². The van der Waals surface area contributed by atoms with Gasteiger partial charge < -0.3 is 10.4 Å². The highest BCUT2D eigenvalue weighted by Gasteiger charge is 2.27. The van der Waals surface area contributed by atoms with E-state index in [1.165, 1.54) is 22.3 Å². The summed E-state index contributed by atoms with van der Waals surface area (Å²) in [5, 5.41) is 13.3. The van der Waals surface area contributed by atoms with Crippen LogP contribution in [0, 0.1) is 5.92 Å². The minimum absolute atomic E-state index is 0.106. The molecule has 2 N–H and O–H groups in total. The lowest BCUT2D eigenvalue weighted by molar-refractivity contribution is 0.203. The van der Waals surface area contributed by atoms with Gasteiger partial charge in [0.2, 0.25) is 0 Å². The summed E-state index contributed by atoms with van der Waals surface area (Å²) in [5.41, 5.74) is 5.45. The van der Waals surface area contributed by atoms with E-state index in [-0.39, 0.29) is 18.7 Å². The molecule has 0 spiro atoms. The van der Waals surface area contributed by atoms with Gasteiger partial charge in [0.1, 0.15) is 0 Å². The van der Waals surface area contributed by atoms with E-state index in [0.29, 0.717) is 5.92 Å². The van der Waals surface area contributed by atoms with Crippen molar-refractivity contribution in [2.24, 2.45) is 5.92 Å². The number of fused-ring (bicyclic) bond motifs is 2. The molecule has 0 bridgehead atoms. The smallest absolute Gasteiger partial charge is 0.0587 e. The van der Waals surface area contributed by atoms with Crippen molar-refractivity contribution in [2.45, 2.75) is 32.4 Å². The number of rotatable bonds is 4. The molecule has 2 heteroatoms. The second-order valence-corrected chi connectivity index (χ2v) is 6.21. The Kier molecular flexibility index (Phi) is 4.09. The monoisotopic (exact) mass is 281 g/mol. The third kappa shape index (κ3) is 2.74. The third-order valence-electron chi connectivity index (χ3n) is 4.50. The van der Waals surface area contributed by atoms with Crippen LogP contribution in [0.1, 0.15) is 42.1 Å². The lowest BCUT2D eigenvalue weighted by Gasteiger charge is -2.33. The molecule has 0 saturated heterocycles. The van der Waals surface area contributed by atoms with E-state index in [0.717, 1.165) is 6.42 Å². The summed E-state index contributed by atoms with van der Waals surface area (Å²) in [6.45, 7) is 4.46. The highest BCUT2D eigenvalue weighted by Crippen LogP contribution is 2.35. The van der Waals surface area contributed by atoms with E-state index in [4.69, 9.17) is 0 Å². The molecular weight excluding hydrogens is 258 g/mol. The van der Waals surface area contributed by atoms with Crippen LogP contribution in [0.2, 0.25) is 0 Å². The highest BCUT2D eigenvalue weighted by atomic mass is 16.3. The fourth-order valence-electron chi connectivity index (χ4n) is 3.18. The summed E-state index contributed by atoms with van der Waals surface area (Å²) in [6.07, 6.45) is 0.996. The van der Waals surface area contributed by atoms with Crippen LogP contribution < -0.4 is 5.32 Å². The predicted molar refractivity (Wildman–Crippen MR) is 86.4 cm³/mol. The number of benzene rings is 2. The van der Waals surface area contributed by atoms with Gasteiger partial charge in [0, 0.05) is 6.04 Å². The van der Waals surface area contributed by atoms with Crippen LogP contribution in [-0.4, -0.2) is 17.8 Å². The van der Waals surface area contributed by atoms with Crippen molar-refractivity contribution in [1.29, 1.82) is 0 Å². The third-order valence-corrected chi connectivity index (χ3v) is 4.50. The van der Waals surface area contributed by atoms with Crippen molar-refractivity contribution in [3.05, 3.63) is 70.8 Å². The summed E-state index contributed by atoms with van der Waals surface area (Å²) in [6, 6.07) is 17.5. The largest absolute Gasteiger partial charge is 0.395 e. The lowest BCUT2D eigenvalue weighted by atomic mass is 9.82. The van der Waals surface area contributed by atoms with Gasteiger partial charge in [0.15, 0.2) is 0 Å². The summed E-state index contributed by atoms with van der Waals surface area (Å²) in [7, 11) is 0. The number of aliphatic hydroxyl groups is 1. The first-order chi connectivity index (χ1) is 10.2. The number of hydrogen-bond donors (Lipinski definition) is 2. The standard InChI is InChI=1S/C19H23NO/c1-13(2)18(12-21)20-19-16-9-5-3-7-14(16)11-15-8-4-6-10-17(15)19/h3-10,13,18-21H,11-12H2,1-2H3. The van der Waals surface area contributed by atoms with Gasteiger partial charge in [-0.2, -0.15) is 0 Å². The van der Waals surface area contributed by atoms with Crippen LogP contribution in [0.3, 0.4) is 0 Å². The molecule has 3 rings (SSSR count). The molecule has 21 heavy (non-hydrogen) atoms. The van der Waals surface area contributed by atoms with Crippen LogP contribution in [0.4, 0.5) is 0 Å². The molecule has 1 unspecified atom stereocenters. The highest BCUT2D eigenvalue weighted by molar-refractivity contribution is 5.48. The summed E-state index contributed by atoms with van der Waals surface area (Å²) < 4.78 is 0. The molecule has 0 aromatic heterocycles. The molecule has 2 aromatic carbocycles. The number of nitrogens with one attached hydrogen (secondary N) is 1. The first kappa shape index (κ1) is 14.3. The van der Waals surface area contributed by atoms with Crippen LogP contribution >= 0.6 is 0 Å². The Labute approximate surface area is 126 Å². The van der Waals surface area contributed by atoms with Gasteiger partial charge in [-0.25, -0.2) is 0 Å². The fraction of sp³-hybridized carbons (Fsp3) is 0.368. The van der Waals surface area contributed by atoms with Gasteiger partial charge in [-0.05, 0) is 34.6 Å². The Morgan fingerprint density at radius 1 is 1.00 bits per heavy atom. The van der Waals surface area contributed by atoms with E-state index in [1.807, 2.05) is 0 Å². The van der Waals surface area contributed by atoms with Gasteiger partial charge in [-0.1, -0.05) is 62.4 Å². The predicted octanol–water partition coefficient (Wildman–Crippen LogP) is 3.29. The molecule has 0 heterocycles. The molecule has 110 valence electrons. The molecule has 0 fully saturated rings. The summed E-state index contributed by atoms with van der Waals surface area (Å²) >= 11 is 0. The zero-order valence-electron chi connectivity index (χ0n) is 12.7. The average molecular weight is 281 g/mol. The minimum Gasteiger partial charge on any atom is -0.395 e. The van der Waals surface area contributed by atoms with Gasteiger partial charge in [-0.3, -0.25) is 0 Å². The SMILES string of the molecule is CC(C)C(CO)NC1c2ccccc2Cc2ccccc21. The number of aliphatic hydroxyl groups excluding tert-OH is 1. The molecule has 0 radical (unpaired) electrons. The van der Waals surface area contributed by atoms with Crippen molar-refractivity contribution in [1.82, 2.24) is 5.32 Å². The van der Waals surface area contributed by atoms with E-state index in [1.54, 1.807) is 0 Å². The van der Waals surface area contributed by atoms with E-state index < -0.39 is 0 Å². The maximum atomic E-state index is 9.66. The van der Waals surface area contributed by atoms with Crippen LogP contribution in [0.5, 0.6) is 0 Å². The Hall–Kier alpha value is -1.64. The molecule has 0 saturated carbocycles. The molecule has 2 nitrogen and oxygen atoms in total. The Morgan fingerprint density at radius 3 is 2.00 bits per heavy atom. The van der Waals surface area contributed by atoms with Gasteiger partial charge in [-0.15, -0.1) is 0 Å². The second kappa shape index (κ2) is 6.00. The maximum Gasteiger partial charge on any atom is 0.0587 e. The quantitative estimate of drug-likeness (QED) is 0.901. The van der Waals surface area contributed by atoms with E-state index in [2.05, 4.69) is 67.7 Å². The molecule has 0 amide bonds. The van der Waals surface area contributed by atoms with E-state index in [9.17, 15) is 5.11 Å². The average Bonchev–Trinajstić information content (AvgIpc) is 2.51. The molecule has 2 aromatic rings. The van der Waals surface area contributed by atoms with Crippen molar-refractivity contribution in [2.75, 3.05) is 6.61 Å². The van der Waals surface area contributed by atoms with Crippen molar-refractivity contribution >= 4 is 0 Å². The first-order valence-electron chi connectivity index (χ1n) is 7.73. The molecular formula is C19H23NO. The Morgan fingerprint density at radius 2 is 1.52 bits per heavy atom. The zero-order chi connectivity index (χ0) is 14.8.